The summed E-state index contributed by atoms with van der Waals surface area (Å²) in [5, 5.41) is 9.73. The van der Waals surface area contributed by atoms with Crippen molar-refractivity contribution in [1.82, 2.24) is 9.21 Å². The Morgan fingerprint density at radius 1 is 1.32 bits per heavy atom. The molecule has 2 aromatic carbocycles. The fourth-order valence-electron chi connectivity index (χ4n) is 3.95. The van der Waals surface area contributed by atoms with Crippen molar-refractivity contribution < 1.29 is 27.4 Å². The Morgan fingerprint density at radius 3 is 2.71 bits per heavy atom. The molecule has 3 atom stereocenters. The van der Waals surface area contributed by atoms with E-state index in [1.54, 1.807) is 32.2 Å². The van der Waals surface area contributed by atoms with Crippen molar-refractivity contribution in [3.05, 3.63) is 65.5 Å². The smallest absolute Gasteiger partial charge is 0.253 e. The van der Waals surface area contributed by atoms with Crippen LogP contribution in [0, 0.1) is 11.7 Å². The molecular weight excluding hydrogens is 459 g/mol. The third-order valence-electron chi connectivity index (χ3n) is 5.92. The van der Waals surface area contributed by atoms with E-state index in [1.807, 2.05) is 26.0 Å². The summed E-state index contributed by atoms with van der Waals surface area (Å²) >= 11 is 0. The highest BCUT2D eigenvalue weighted by Crippen LogP contribution is 2.34. The van der Waals surface area contributed by atoms with E-state index in [0.717, 1.165) is 5.56 Å². The van der Waals surface area contributed by atoms with Crippen LogP contribution in [0.2, 0.25) is 0 Å². The summed E-state index contributed by atoms with van der Waals surface area (Å²) in [6, 6.07) is 9.69. The summed E-state index contributed by atoms with van der Waals surface area (Å²) in [6.07, 6.45) is 3.12. The number of sulfonamides is 1. The molecule has 1 aliphatic rings. The first-order valence-electron chi connectivity index (χ1n) is 11.2. The van der Waals surface area contributed by atoms with Gasteiger partial charge in [0.1, 0.15) is 22.6 Å². The Hall–Kier alpha value is -2.75. The summed E-state index contributed by atoms with van der Waals surface area (Å²) in [5.74, 6) is -0.994. The number of hydrogen-bond acceptors (Lipinski definition) is 5. The maximum absolute atomic E-state index is 13.6. The van der Waals surface area contributed by atoms with Gasteiger partial charge in [-0.1, -0.05) is 31.2 Å². The first kappa shape index (κ1) is 25.9. The maximum Gasteiger partial charge on any atom is 0.253 e. The molecule has 0 bridgehead atoms. The molecular formula is C25H31FN2O5S. The molecule has 1 amide bonds. The third kappa shape index (κ3) is 5.48. The zero-order valence-corrected chi connectivity index (χ0v) is 20.6. The number of nitrogens with zero attached hydrogens (tertiary/aromatic N) is 2. The van der Waals surface area contributed by atoms with Gasteiger partial charge in [0.15, 0.2) is 0 Å². The van der Waals surface area contributed by atoms with Gasteiger partial charge < -0.3 is 14.7 Å². The van der Waals surface area contributed by atoms with Gasteiger partial charge in [-0.3, -0.25) is 4.79 Å². The molecule has 9 heteroatoms. The van der Waals surface area contributed by atoms with Crippen molar-refractivity contribution in [1.29, 1.82) is 0 Å². The van der Waals surface area contributed by atoms with Crippen molar-refractivity contribution in [3.63, 3.8) is 0 Å². The second kappa shape index (κ2) is 10.7. The van der Waals surface area contributed by atoms with Gasteiger partial charge in [0.05, 0.1) is 13.2 Å². The monoisotopic (exact) mass is 490 g/mol. The van der Waals surface area contributed by atoms with Crippen LogP contribution in [0.25, 0.3) is 6.08 Å². The SMILES string of the molecule is CC=Cc1ccc2c(c1)O[C@H](CN(C)C(=O)c1cccc(F)c1)[C@H](C)CN([C@H](C)CO)S2(=O)=O. The molecule has 34 heavy (non-hydrogen) atoms. The number of likely N-dealkylation sites (N-methyl/N-ethyl adjacent to an activating group) is 1. The molecule has 3 rings (SSSR count). The number of fused-ring (bicyclic) bond motifs is 1. The zero-order valence-electron chi connectivity index (χ0n) is 19.8. The van der Waals surface area contributed by atoms with Gasteiger partial charge in [0, 0.05) is 31.1 Å². The molecule has 1 heterocycles. The van der Waals surface area contributed by atoms with Crippen molar-refractivity contribution in [2.75, 3.05) is 26.7 Å². The lowest BCUT2D eigenvalue weighted by Gasteiger charge is -2.37. The Bertz CT molecular complexity index is 1170. The first-order valence-corrected chi connectivity index (χ1v) is 12.6. The normalized spacial score (nSPS) is 21.2. The van der Waals surface area contributed by atoms with Crippen LogP contribution >= 0.6 is 0 Å². The van der Waals surface area contributed by atoms with Crippen LogP contribution in [0.3, 0.4) is 0 Å². The molecule has 7 nitrogen and oxygen atoms in total. The predicted molar refractivity (Wildman–Crippen MR) is 129 cm³/mol. The molecule has 0 saturated heterocycles. The quantitative estimate of drug-likeness (QED) is 0.671. The number of halogens is 1. The molecule has 0 aliphatic carbocycles. The Balaban J connectivity index is 2.00. The van der Waals surface area contributed by atoms with Crippen LogP contribution in [0.4, 0.5) is 4.39 Å². The molecule has 0 fully saturated rings. The molecule has 2 aromatic rings. The van der Waals surface area contributed by atoms with E-state index >= 15 is 0 Å². The summed E-state index contributed by atoms with van der Waals surface area (Å²) < 4.78 is 48.1. The van der Waals surface area contributed by atoms with Gasteiger partial charge in [-0.15, -0.1) is 0 Å². The average molecular weight is 491 g/mol. The highest BCUT2D eigenvalue weighted by atomic mass is 32.2. The summed E-state index contributed by atoms with van der Waals surface area (Å²) in [5.41, 5.74) is 0.990. The number of allylic oxidation sites excluding steroid dienone is 1. The number of aliphatic hydroxyl groups excluding tert-OH is 1. The van der Waals surface area contributed by atoms with E-state index in [1.165, 1.54) is 33.5 Å². The lowest BCUT2D eigenvalue weighted by Crippen LogP contribution is -2.50. The number of carbonyl (C=O) groups excluding carboxylic acids is 1. The molecule has 1 N–H and O–H groups in total. The topological polar surface area (TPSA) is 87.2 Å². The fourth-order valence-corrected chi connectivity index (χ4v) is 5.78. The predicted octanol–water partition coefficient (Wildman–Crippen LogP) is 3.40. The second-order valence-electron chi connectivity index (χ2n) is 8.64. The lowest BCUT2D eigenvalue weighted by atomic mass is 10.0. The molecule has 0 spiro atoms. The number of ether oxygens (including phenoxy) is 1. The van der Waals surface area contributed by atoms with Crippen LogP contribution in [0.1, 0.15) is 36.7 Å². The second-order valence-corrected chi connectivity index (χ2v) is 10.5. The van der Waals surface area contributed by atoms with Crippen molar-refractivity contribution >= 4 is 22.0 Å². The van der Waals surface area contributed by atoms with Crippen molar-refractivity contribution in [3.8, 4) is 5.75 Å². The van der Waals surface area contributed by atoms with Crippen LogP contribution in [0.15, 0.2) is 53.4 Å². The third-order valence-corrected chi connectivity index (χ3v) is 7.94. The van der Waals surface area contributed by atoms with E-state index in [2.05, 4.69) is 0 Å². The van der Waals surface area contributed by atoms with Crippen LogP contribution < -0.4 is 4.74 Å². The van der Waals surface area contributed by atoms with Gasteiger partial charge >= 0.3 is 0 Å². The van der Waals surface area contributed by atoms with Crippen LogP contribution in [-0.2, 0) is 10.0 Å². The molecule has 1 aliphatic heterocycles. The zero-order chi connectivity index (χ0) is 25.0. The van der Waals surface area contributed by atoms with E-state index in [0.29, 0.717) is 0 Å². The molecule has 0 unspecified atom stereocenters. The average Bonchev–Trinajstić information content (AvgIpc) is 2.80. The number of aliphatic hydroxyl groups is 1. The van der Waals surface area contributed by atoms with Crippen LogP contribution in [-0.4, -0.2) is 67.5 Å². The van der Waals surface area contributed by atoms with E-state index in [9.17, 15) is 22.7 Å². The minimum Gasteiger partial charge on any atom is -0.487 e. The van der Waals surface area contributed by atoms with E-state index in [4.69, 9.17) is 4.74 Å². The van der Waals surface area contributed by atoms with Crippen molar-refractivity contribution in [2.24, 2.45) is 5.92 Å². The number of benzene rings is 2. The largest absolute Gasteiger partial charge is 0.487 e. The minimum absolute atomic E-state index is 0.0112. The molecule has 0 radical (unpaired) electrons. The summed E-state index contributed by atoms with van der Waals surface area (Å²) in [7, 11) is -2.33. The van der Waals surface area contributed by atoms with Gasteiger partial charge in [-0.05, 0) is 49.7 Å². The highest BCUT2D eigenvalue weighted by Gasteiger charge is 2.38. The number of rotatable bonds is 6. The van der Waals surface area contributed by atoms with Gasteiger partial charge in [-0.2, -0.15) is 4.31 Å². The molecule has 0 saturated carbocycles. The van der Waals surface area contributed by atoms with Crippen LogP contribution in [0.5, 0.6) is 5.75 Å². The summed E-state index contributed by atoms with van der Waals surface area (Å²) in [6.45, 7) is 5.28. The highest BCUT2D eigenvalue weighted by molar-refractivity contribution is 7.89. The van der Waals surface area contributed by atoms with E-state index < -0.39 is 28.0 Å². The van der Waals surface area contributed by atoms with Crippen molar-refractivity contribution in [2.45, 2.75) is 37.8 Å². The first-order chi connectivity index (χ1) is 16.1. The lowest BCUT2D eigenvalue weighted by molar-refractivity contribution is 0.0563. The fraction of sp³-hybridized carbons (Fsp3) is 0.400. The number of hydrogen-bond donors (Lipinski definition) is 1. The minimum atomic E-state index is -3.93. The Kier molecular flexibility index (Phi) is 8.12. The standard InChI is InChI=1S/C25H31FN2O5S/c1-5-7-19-10-11-24-22(12-19)33-23(17(2)14-28(18(3)16-29)34(24,31)32)15-27(4)25(30)20-8-6-9-21(26)13-20/h5-13,17-18,23,29H,14-16H2,1-4H3/t17-,18-,23-/m1/s1. The van der Waals surface area contributed by atoms with Gasteiger partial charge in [0.2, 0.25) is 10.0 Å². The summed E-state index contributed by atoms with van der Waals surface area (Å²) in [4.78, 5) is 14.4. The molecule has 184 valence electrons. The Morgan fingerprint density at radius 2 is 2.06 bits per heavy atom. The Labute approximate surface area is 200 Å². The molecule has 0 aromatic heterocycles. The maximum atomic E-state index is 13.6. The van der Waals surface area contributed by atoms with Gasteiger partial charge in [-0.25, -0.2) is 12.8 Å². The van der Waals surface area contributed by atoms with Gasteiger partial charge in [0.25, 0.3) is 5.91 Å². The van der Waals surface area contributed by atoms with E-state index in [-0.39, 0.29) is 47.7 Å². The number of carbonyl (C=O) groups is 1. The number of amides is 1.